The highest BCUT2D eigenvalue weighted by Gasteiger charge is 2.28. The van der Waals surface area contributed by atoms with Crippen LogP contribution in [0.15, 0.2) is 51.2 Å². The van der Waals surface area contributed by atoms with E-state index in [9.17, 15) is 13.2 Å². The molecule has 32 heavy (non-hydrogen) atoms. The fourth-order valence-corrected chi connectivity index (χ4v) is 5.53. The van der Waals surface area contributed by atoms with Crippen molar-refractivity contribution in [1.29, 1.82) is 0 Å². The van der Waals surface area contributed by atoms with Crippen molar-refractivity contribution in [3.8, 4) is 10.7 Å². The van der Waals surface area contributed by atoms with Crippen LogP contribution >= 0.6 is 11.3 Å². The zero-order chi connectivity index (χ0) is 22.1. The maximum atomic E-state index is 12.9. The Kier molecular flexibility index (Phi) is 5.80. The first-order valence-corrected chi connectivity index (χ1v) is 12.8. The van der Waals surface area contributed by atoms with Crippen LogP contribution in [0, 0.1) is 0 Å². The molecule has 1 amide bonds. The van der Waals surface area contributed by atoms with E-state index in [1.807, 2.05) is 17.5 Å². The summed E-state index contributed by atoms with van der Waals surface area (Å²) in [6.07, 6.45) is 1.76. The average molecular weight is 474 g/mol. The lowest BCUT2D eigenvalue weighted by atomic mass is 10.2. The van der Waals surface area contributed by atoms with E-state index in [0.717, 1.165) is 17.7 Å². The molecule has 3 aromatic rings. The summed E-state index contributed by atoms with van der Waals surface area (Å²) in [4.78, 5) is 22.4. The van der Waals surface area contributed by atoms with Crippen LogP contribution in [-0.2, 0) is 16.6 Å². The molecule has 168 valence electrons. The molecule has 0 unspecified atom stereocenters. The number of thiophene rings is 1. The van der Waals surface area contributed by atoms with Crippen LogP contribution in [0.25, 0.3) is 10.7 Å². The molecule has 2 fully saturated rings. The van der Waals surface area contributed by atoms with Gasteiger partial charge in [0.2, 0.25) is 21.7 Å². The van der Waals surface area contributed by atoms with Gasteiger partial charge in [-0.05, 0) is 48.6 Å². The Balaban J connectivity index is 1.15. The topological polar surface area (TPSA) is 109 Å². The van der Waals surface area contributed by atoms with Gasteiger partial charge in [0.05, 0.1) is 16.3 Å². The monoisotopic (exact) mass is 473 g/mol. The molecule has 1 saturated heterocycles. The largest absolute Gasteiger partial charge is 0.338 e. The highest BCUT2D eigenvalue weighted by Crippen LogP contribution is 2.23. The Morgan fingerprint density at radius 1 is 1.12 bits per heavy atom. The first-order valence-electron chi connectivity index (χ1n) is 10.5. The lowest BCUT2D eigenvalue weighted by Gasteiger charge is -2.34. The van der Waals surface area contributed by atoms with Gasteiger partial charge < -0.3 is 9.42 Å². The maximum Gasteiger partial charge on any atom is 0.253 e. The number of sulfonamides is 1. The van der Waals surface area contributed by atoms with Gasteiger partial charge in [0.25, 0.3) is 5.91 Å². The Labute approximate surface area is 190 Å². The quantitative estimate of drug-likeness (QED) is 0.560. The zero-order valence-electron chi connectivity index (χ0n) is 17.3. The van der Waals surface area contributed by atoms with Crippen LogP contribution in [0.3, 0.4) is 0 Å². The molecular formula is C21H23N5O4S2. The van der Waals surface area contributed by atoms with Gasteiger partial charge in [-0.2, -0.15) is 4.98 Å². The molecule has 0 radical (unpaired) electrons. The van der Waals surface area contributed by atoms with Gasteiger partial charge in [-0.15, -0.1) is 11.3 Å². The van der Waals surface area contributed by atoms with Crippen molar-refractivity contribution in [3.05, 3.63) is 53.2 Å². The lowest BCUT2D eigenvalue weighted by molar-refractivity contribution is 0.0615. The molecule has 5 rings (SSSR count). The maximum absolute atomic E-state index is 12.9. The predicted octanol–water partition coefficient (Wildman–Crippen LogP) is 2.20. The molecule has 11 heteroatoms. The summed E-state index contributed by atoms with van der Waals surface area (Å²) in [7, 11) is -3.52. The first kappa shape index (κ1) is 21.3. The number of aromatic nitrogens is 2. The van der Waals surface area contributed by atoms with Gasteiger partial charge >= 0.3 is 0 Å². The minimum atomic E-state index is -3.52. The van der Waals surface area contributed by atoms with Gasteiger partial charge in [0, 0.05) is 37.8 Å². The van der Waals surface area contributed by atoms with Gasteiger partial charge in [0.1, 0.15) is 0 Å². The van der Waals surface area contributed by atoms with Gasteiger partial charge in [-0.3, -0.25) is 9.69 Å². The van der Waals surface area contributed by atoms with E-state index in [4.69, 9.17) is 4.52 Å². The predicted molar refractivity (Wildman–Crippen MR) is 119 cm³/mol. The second-order valence-corrected chi connectivity index (χ2v) is 10.6. The molecule has 2 aromatic heterocycles. The van der Waals surface area contributed by atoms with Gasteiger partial charge in [-0.1, -0.05) is 11.2 Å². The molecule has 1 aliphatic carbocycles. The summed E-state index contributed by atoms with van der Waals surface area (Å²) in [5.74, 6) is 1.06. The number of amides is 1. The molecular weight excluding hydrogens is 450 g/mol. The summed E-state index contributed by atoms with van der Waals surface area (Å²) < 4.78 is 32.6. The van der Waals surface area contributed by atoms with Crippen LogP contribution in [0.5, 0.6) is 0 Å². The van der Waals surface area contributed by atoms with Crippen molar-refractivity contribution < 1.29 is 17.7 Å². The van der Waals surface area contributed by atoms with E-state index < -0.39 is 10.0 Å². The fraction of sp³-hybridized carbons (Fsp3) is 0.381. The van der Waals surface area contributed by atoms with Crippen molar-refractivity contribution in [1.82, 2.24) is 24.7 Å². The number of nitrogens with one attached hydrogen (secondary N) is 1. The van der Waals surface area contributed by atoms with Crippen LogP contribution in [-0.4, -0.2) is 66.5 Å². The molecule has 0 atom stereocenters. The molecule has 1 N–H and O–H groups in total. The van der Waals surface area contributed by atoms with E-state index in [1.165, 1.54) is 12.1 Å². The minimum absolute atomic E-state index is 0.0482. The van der Waals surface area contributed by atoms with E-state index in [0.29, 0.717) is 50.0 Å². The first-order chi connectivity index (χ1) is 15.5. The van der Waals surface area contributed by atoms with Crippen molar-refractivity contribution in [3.63, 3.8) is 0 Å². The Bertz CT molecular complexity index is 1180. The normalized spacial score (nSPS) is 17.6. The smallest absolute Gasteiger partial charge is 0.253 e. The number of benzene rings is 1. The third kappa shape index (κ3) is 4.75. The summed E-state index contributed by atoms with van der Waals surface area (Å²) in [5.41, 5.74) is 0.487. The van der Waals surface area contributed by atoms with Crippen molar-refractivity contribution in [2.75, 3.05) is 26.2 Å². The molecule has 2 aliphatic rings. The second-order valence-electron chi connectivity index (χ2n) is 7.98. The summed E-state index contributed by atoms with van der Waals surface area (Å²) in [6, 6.07) is 10.1. The third-order valence-corrected chi connectivity index (χ3v) is 7.94. The Morgan fingerprint density at radius 2 is 1.88 bits per heavy atom. The lowest BCUT2D eigenvalue weighted by Crippen LogP contribution is -2.48. The Morgan fingerprint density at radius 3 is 2.53 bits per heavy atom. The highest BCUT2D eigenvalue weighted by molar-refractivity contribution is 7.89. The number of nitrogens with zero attached hydrogens (tertiary/aromatic N) is 4. The fourth-order valence-electron chi connectivity index (χ4n) is 3.57. The van der Waals surface area contributed by atoms with E-state index in [2.05, 4.69) is 19.8 Å². The number of rotatable bonds is 7. The van der Waals surface area contributed by atoms with Crippen LogP contribution in [0.2, 0.25) is 0 Å². The van der Waals surface area contributed by atoms with Crippen LogP contribution in [0.1, 0.15) is 29.1 Å². The number of hydrogen-bond donors (Lipinski definition) is 1. The standard InChI is InChI=1S/C21H23N5O4S2/c27-21(15-3-7-17(8-4-15)32(28,29)24-16-5-6-16)26-11-9-25(10-12-26)14-19-22-20(23-30-19)18-2-1-13-31-18/h1-4,7-8,13,16,24H,5-6,9-12,14H2. The van der Waals surface area contributed by atoms with Crippen molar-refractivity contribution >= 4 is 27.3 Å². The SMILES string of the molecule is O=C(c1ccc(S(=O)(=O)NC2CC2)cc1)N1CCN(Cc2nc(-c3cccs3)no2)CC1. The summed E-state index contributed by atoms with van der Waals surface area (Å²) >= 11 is 1.56. The molecule has 0 spiro atoms. The minimum Gasteiger partial charge on any atom is -0.338 e. The molecule has 1 aliphatic heterocycles. The molecule has 9 nitrogen and oxygen atoms in total. The van der Waals surface area contributed by atoms with E-state index in [1.54, 1.807) is 28.4 Å². The van der Waals surface area contributed by atoms with Gasteiger partial charge in [0.15, 0.2) is 0 Å². The number of carbonyl (C=O) groups excluding carboxylic acids is 1. The molecule has 3 heterocycles. The number of hydrogen-bond acceptors (Lipinski definition) is 8. The second kappa shape index (κ2) is 8.74. The van der Waals surface area contributed by atoms with Gasteiger partial charge in [-0.25, -0.2) is 13.1 Å². The zero-order valence-corrected chi connectivity index (χ0v) is 18.9. The highest BCUT2D eigenvalue weighted by atomic mass is 32.2. The van der Waals surface area contributed by atoms with E-state index >= 15 is 0 Å². The number of piperazine rings is 1. The molecule has 0 bridgehead atoms. The molecule has 1 saturated carbocycles. The van der Waals surface area contributed by atoms with Crippen molar-refractivity contribution in [2.24, 2.45) is 0 Å². The summed E-state index contributed by atoms with van der Waals surface area (Å²) in [5, 5.41) is 6.01. The van der Waals surface area contributed by atoms with E-state index in [-0.39, 0.29) is 16.8 Å². The van der Waals surface area contributed by atoms with Crippen LogP contribution < -0.4 is 4.72 Å². The van der Waals surface area contributed by atoms with Crippen molar-refractivity contribution in [2.45, 2.75) is 30.3 Å². The molecule has 1 aromatic carbocycles. The number of carbonyl (C=O) groups is 1. The summed E-state index contributed by atoms with van der Waals surface area (Å²) in [6.45, 7) is 3.09. The third-order valence-electron chi connectivity index (χ3n) is 5.54. The average Bonchev–Trinajstić information content (AvgIpc) is 3.25. The van der Waals surface area contributed by atoms with Crippen LogP contribution in [0.4, 0.5) is 0 Å². The Hall–Kier alpha value is -2.60.